The molecule has 1 aliphatic heterocycles. The Hall–Kier alpha value is -4.04. The maximum atomic E-state index is 6.19. The van der Waals surface area contributed by atoms with E-state index in [1.807, 2.05) is 23.0 Å². The first-order valence-electron chi connectivity index (χ1n) is 12.6. The fraction of sp³-hybridized carbons (Fsp3) is 0.286. The summed E-state index contributed by atoms with van der Waals surface area (Å²) in [5.41, 5.74) is 13.9. The van der Waals surface area contributed by atoms with Gasteiger partial charge >= 0.3 is 0 Å². The molecular formula is C28H30N8. The van der Waals surface area contributed by atoms with Crippen molar-refractivity contribution in [3.8, 4) is 0 Å². The first kappa shape index (κ1) is 22.4. The number of benzene rings is 2. The Labute approximate surface area is 210 Å². The van der Waals surface area contributed by atoms with Crippen molar-refractivity contribution in [2.75, 3.05) is 12.3 Å². The van der Waals surface area contributed by atoms with E-state index in [0.717, 1.165) is 55.4 Å². The number of anilines is 1. The molecule has 0 radical (unpaired) electrons. The number of nitrogens with two attached hydrogens (primary N) is 1. The predicted molar refractivity (Wildman–Crippen MR) is 140 cm³/mol. The Balaban J connectivity index is 1.27. The summed E-state index contributed by atoms with van der Waals surface area (Å²) in [5, 5.41) is 19.6. The maximum Gasteiger partial charge on any atom is 0.178 e. The van der Waals surface area contributed by atoms with Gasteiger partial charge in [-0.1, -0.05) is 66.2 Å². The molecule has 4 N–H and O–H groups in total. The van der Waals surface area contributed by atoms with Gasteiger partial charge in [0.1, 0.15) is 11.3 Å². The maximum absolute atomic E-state index is 6.19. The molecule has 0 saturated carbocycles. The van der Waals surface area contributed by atoms with Crippen LogP contribution in [0.15, 0.2) is 73.1 Å². The highest BCUT2D eigenvalue weighted by Gasteiger charge is 2.24. The molecule has 2 aromatic carbocycles. The molecule has 0 aliphatic carbocycles. The highest BCUT2D eigenvalue weighted by Crippen LogP contribution is 2.35. The topological polar surface area (TPSA) is 110 Å². The number of nitrogens with one attached hydrogen (secondary N) is 2. The third kappa shape index (κ3) is 4.59. The lowest BCUT2D eigenvalue weighted by molar-refractivity contribution is 0.450. The summed E-state index contributed by atoms with van der Waals surface area (Å²) in [6.07, 6.45) is 8.27. The number of nitrogens with zero attached hydrogens (tertiary/aromatic N) is 5. The molecule has 0 fully saturated rings. The van der Waals surface area contributed by atoms with Crippen molar-refractivity contribution in [2.45, 2.75) is 44.2 Å². The van der Waals surface area contributed by atoms with E-state index < -0.39 is 0 Å². The lowest BCUT2D eigenvalue weighted by Crippen LogP contribution is -2.29. The van der Waals surface area contributed by atoms with Gasteiger partial charge < -0.3 is 11.1 Å². The molecule has 1 aliphatic rings. The highest BCUT2D eigenvalue weighted by molar-refractivity contribution is 5.77. The molecule has 0 bridgehead atoms. The Morgan fingerprint density at radius 2 is 1.94 bits per heavy atom. The van der Waals surface area contributed by atoms with E-state index in [1.165, 1.54) is 16.7 Å². The largest absolute Gasteiger partial charge is 0.384 e. The van der Waals surface area contributed by atoms with Crippen LogP contribution >= 0.6 is 0 Å². The minimum Gasteiger partial charge on any atom is -0.384 e. The van der Waals surface area contributed by atoms with E-state index in [1.54, 1.807) is 0 Å². The lowest BCUT2D eigenvalue weighted by Gasteiger charge is -2.27. The molecule has 4 heterocycles. The van der Waals surface area contributed by atoms with Gasteiger partial charge in [-0.25, -0.2) is 10.1 Å². The van der Waals surface area contributed by atoms with Gasteiger partial charge in [0.05, 0.1) is 12.7 Å². The molecule has 8 nitrogen and oxygen atoms in total. The van der Waals surface area contributed by atoms with Crippen molar-refractivity contribution >= 4 is 17.0 Å². The fourth-order valence-corrected chi connectivity index (χ4v) is 5.44. The third-order valence-electron chi connectivity index (χ3n) is 7.17. The average molecular weight is 479 g/mol. The zero-order valence-corrected chi connectivity index (χ0v) is 20.1. The first-order valence-corrected chi connectivity index (χ1v) is 12.6. The summed E-state index contributed by atoms with van der Waals surface area (Å²) >= 11 is 0. The van der Waals surface area contributed by atoms with Gasteiger partial charge in [-0.3, -0.25) is 4.68 Å². The second-order valence-electron chi connectivity index (χ2n) is 9.54. The average Bonchev–Trinajstić information content (AvgIpc) is 3.57. The van der Waals surface area contributed by atoms with Crippen LogP contribution in [0.4, 0.5) is 5.82 Å². The number of aromatic amines is 1. The van der Waals surface area contributed by atoms with Crippen molar-refractivity contribution in [2.24, 2.45) is 0 Å². The first-order chi connectivity index (χ1) is 17.7. The Bertz CT molecular complexity index is 1450. The van der Waals surface area contributed by atoms with Gasteiger partial charge in [0.15, 0.2) is 5.65 Å². The van der Waals surface area contributed by atoms with Crippen LogP contribution in [0.25, 0.3) is 11.2 Å². The molecule has 0 saturated heterocycles. The van der Waals surface area contributed by atoms with E-state index >= 15 is 0 Å². The van der Waals surface area contributed by atoms with Gasteiger partial charge in [0, 0.05) is 18.2 Å². The smallest absolute Gasteiger partial charge is 0.178 e. The number of rotatable bonds is 8. The lowest BCUT2D eigenvalue weighted by atomic mass is 9.86. The molecule has 36 heavy (non-hydrogen) atoms. The third-order valence-corrected chi connectivity index (χ3v) is 7.17. The van der Waals surface area contributed by atoms with Gasteiger partial charge in [0.2, 0.25) is 0 Å². The van der Waals surface area contributed by atoms with Crippen molar-refractivity contribution in [1.82, 2.24) is 35.5 Å². The van der Waals surface area contributed by atoms with E-state index in [9.17, 15) is 0 Å². The van der Waals surface area contributed by atoms with E-state index in [0.29, 0.717) is 17.5 Å². The molecule has 6 rings (SSSR count). The zero-order chi connectivity index (χ0) is 24.3. The quantitative estimate of drug-likeness (QED) is 0.305. The Kier molecular flexibility index (Phi) is 6.17. The van der Waals surface area contributed by atoms with Crippen molar-refractivity contribution in [3.63, 3.8) is 0 Å². The van der Waals surface area contributed by atoms with Gasteiger partial charge in [-0.05, 0) is 59.7 Å². The monoisotopic (exact) mass is 478 g/mol. The number of fused-ring (bicyclic) bond motifs is 2. The summed E-state index contributed by atoms with van der Waals surface area (Å²) in [6, 6.07) is 21.5. The SMILES string of the molecule is Nc1cc(C(CCCC2NCCc3ccccc32)c2cnn(Cc3ccccc3)c2)c2nn[nH]c2n1. The summed E-state index contributed by atoms with van der Waals surface area (Å²) in [6.45, 7) is 1.76. The normalized spacial score (nSPS) is 16.2. The fourth-order valence-electron chi connectivity index (χ4n) is 5.44. The Morgan fingerprint density at radius 3 is 2.86 bits per heavy atom. The van der Waals surface area contributed by atoms with E-state index in [2.05, 4.69) is 85.5 Å². The van der Waals surface area contributed by atoms with Crippen LogP contribution in [0.3, 0.4) is 0 Å². The second kappa shape index (κ2) is 9.91. The van der Waals surface area contributed by atoms with Gasteiger partial charge in [0.25, 0.3) is 0 Å². The van der Waals surface area contributed by atoms with E-state index in [-0.39, 0.29) is 5.92 Å². The number of hydrogen-bond acceptors (Lipinski definition) is 6. The summed E-state index contributed by atoms with van der Waals surface area (Å²) < 4.78 is 2.00. The number of H-pyrrole nitrogens is 1. The number of aromatic nitrogens is 6. The van der Waals surface area contributed by atoms with E-state index in [4.69, 9.17) is 5.73 Å². The summed E-state index contributed by atoms with van der Waals surface area (Å²) in [7, 11) is 0. The zero-order valence-electron chi connectivity index (χ0n) is 20.1. The molecule has 3 aromatic heterocycles. The number of pyridine rings is 1. The van der Waals surface area contributed by atoms with Crippen LogP contribution in [0.2, 0.25) is 0 Å². The van der Waals surface area contributed by atoms with Crippen LogP contribution in [0.5, 0.6) is 0 Å². The van der Waals surface area contributed by atoms with Crippen LogP contribution in [0.1, 0.15) is 59.0 Å². The Morgan fingerprint density at radius 1 is 1.08 bits per heavy atom. The van der Waals surface area contributed by atoms with Crippen LogP contribution in [-0.2, 0) is 13.0 Å². The van der Waals surface area contributed by atoms with Crippen LogP contribution < -0.4 is 11.1 Å². The van der Waals surface area contributed by atoms with Gasteiger partial charge in [-0.15, -0.1) is 5.10 Å². The minimum absolute atomic E-state index is 0.0891. The molecule has 182 valence electrons. The van der Waals surface area contributed by atoms with Gasteiger partial charge in [-0.2, -0.15) is 5.10 Å². The minimum atomic E-state index is 0.0891. The highest BCUT2D eigenvalue weighted by atomic mass is 15.3. The molecular weight excluding hydrogens is 448 g/mol. The molecule has 2 atom stereocenters. The molecule has 0 spiro atoms. The number of hydrogen-bond donors (Lipinski definition) is 3. The van der Waals surface area contributed by atoms with Crippen LogP contribution in [-0.4, -0.2) is 36.7 Å². The standard InChI is InChI=1S/C28H30N8/c29-26-15-24(27-28(32-26)34-35-33-27)22(21-16-31-36(18-21)17-19-7-2-1-3-8-19)11-6-12-25-23-10-5-4-9-20(23)13-14-30-25/h1-5,7-10,15-16,18,22,25,30H,6,11-14,17H2,(H3,29,32,33,34,35). The van der Waals surface area contributed by atoms with Crippen molar-refractivity contribution in [3.05, 3.63) is 101 Å². The predicted octanol–water partition coefficient (Wildman–Crippen LogP) is 4.37. The van der Waals surface area contributed by atoms with Crippen molar-refractivity contribution < 1.29 is 0 Å². The van der Waals surface area contributed by atoms with Crippen LogP contribution in [0, 0.1) is 0 Å². The summed E-state index contributed by atoms with van der Waals surface area (Å²) in [5.74, 6) is 0.555. The molecule has 5 aromatic rings. The number of nitrogen functional groups attached to an aromatic ring is 1. The van der Waals surface area contributed by atoms with Crippen molar-refractivity contribution in [1.29, 1.82) is 0 Å². The molecule has 0 amide bonds. The molecule has 8 heteroatoms. The second-order valence-corrected chi connectivity index (χ2v) is 9.54. The molecule has 2 unspecified atom stereocenters. The summed E-state index contributed by atoms with van der Waals surface area (Å²) in [4.78, 5) is 4.38.